The van der Waals surface area contributed by atoms with Gasteiger partial charge in [-0.2, -0.15) is 0 Å². The molecule has 3 rings (SSSR count). The molecule has 2 amide bonds. The first-order valence-electron chi connectivity index (χ1n) is 8.13. The Morgan fingerprint density at radius 3 is 2.75 bits per heavy atom. The summed E-state index contributed by atoms with van der Waals surface area (Å²) < 4.78 is 16.2. The summed E-state index contributed by atoms with van der Waals surface area (Å²) in [5.41, 5.74) is 0.927. The summed E-state index contributed by atoms with van der Waals surface area (Å²) in [5, 5.41) is 5.74. The lowest BCUT2D eigenvalue weighted by atomic mass is 10.1. The highest BCUT2D eigenvalue weighted by Crippen LogP contribution is 2.23. The standard InChI is InChI=1S/C17H23N3O4/c1-13-2-3-16(24-13)15(20-5-8-22-9-6-20)11-19-17(21)18-10-14-4-7-23-12-14/h2-4,7,12,15H,5-6,8-11H2,1H3,(H2,18,19,21)/t15-/m1/s1. The summed E-state index contributed by atoms with van der Waals surface area (Å²) in [6.07, 6.45) is 3.20. The second-order valence-electron chi connectivity index (χ2n) is 5.81. The van der Waals surface area contributed by atoms with Crippen LogP contribution in [0.15, 0.2) is 39.6 Å². The number of hydrogen-bond donors (Lipinski definition) is 2. The minimum absolute atomic E-state index is 0.00211. The van der Waals surface area contributed by atoms with Crippen molar-refractivity contribution in [3.05, 3.63) is 47.8 Å². The van der Waals surface area contributed by atoms with Crippen LogP contribution in [0.3, 0.4) is 0 Å². The van der Waals surface area contributed by atoms with Crippen LogP contribution >= 0.6 is 0 Å². The Hall–Kier alpha value is -2.25. The van der Waals surface area contributed by atoms with Crippen molar-refractivity contribution in [1.29, 1.82) is 0 Å². The predicted molar refractivity (Wildman–Crippen MR) is 87.5 cm³/mol. The van der Waals surface area contributed by atoms with Gasteiger partial charge in [-0.3, -0.25) is 4.90 Å². The smallest absolute Gasteiger partial charge is 0.315 e. The predicted octanol–water partition coefficient (Wildman–Crippen LogP) is 2.05. The summed E-state index contributed by atoms with van der Waals surface area (Å²) >= 11 is 0. The van der Waals surface area contributed by atoms with Gasteiger partial charge in [0.15, 0.2) is 0 Å². The Balaban J connectivity index is 1.55. The number of nitrogens with one attached hydrogen (secondary N) is 2. The summed E-state index contributed by atoms with van der Waals surface area (Å²) in [6, 6.07) is 5.53. The molecule has 0 spiro atoms. The van der Waals surface area contributed by atoms with Gasteiger partial charge in [-0.05, 0) is 25.1 Å². The molecule has 7 heteroatoms. The molecular formula is C17H23N3O4. The molecule has 2 aromatic rings. The molecule has 1 aliphatic heterocycles. The molecule has 0 aromatic carbocycles. The minimum Gasteiger partial charge on any atom is -0.472 e. The monoisotopic (exact) mass is 333 g/mol. The molecule has 1 atom stereocenters. The van der Waals surface area contributed by atoms with Crippen LogP contribution in [0.2, 0.25) is 0 Å². The normalized spacial score (nSPS) is 16.7. The molecule has 24 heavy (non-hydrogen) atoms. The Morgan fingerprint density at radius 2 is 2.08 bits per heavy atom. The van der Waals surface area contributed by atoms with Crippen LogP contribution in [-0.4, -0.2) is 43.8 Å². The molecule has 0 aliphatic carbocycles. The average Bonchev–Trinajstić information content (AvgIpc) is 3.26. The zero-order valence-corrected chi connectivity index (χ0v) is 13.8. The Morgan fingerprint density at radius 1 is 1.25 bits per heavy atom. The van der Waals surface area contributed by atoms with Gasteiger partial charge in [-0.1, -0.05) is 0 Å². The van der Waals surface area contributed by atoms with E-state index in [1.165, 1.54) is 0 Å². The Bertz CT molecular complexity index is 632. The fourth-order valence-corrected chi connectivity index (χ4v) is 2.76. The molecule has 2 aromatic heterocycles. The molecule has 0 saturated carbocycles. The second-order valence-corrected chi connectivity index (χ2v) is 5.81. The van der Waals surface area contributed by atoms with Gasteiger partial charge in [0.2, 0.25) is 0 Å². The first-order chi connectivity index (χ1) is 11.7. The third kappa shape index (κ3) is 4.39. The third-order valence-corrected chi connectivity index (χ3v) is 4.07. The highest BCUT2D eigenvalue weighted by molar-refractivity contribution is 5.73. The lowest BCUT2D eigenvalue weighted by molar-refractivity contribution is 0.0121. The number of amides is 2. The summed E-state index contributed by atoms with van der Waals surface area (Å²) in [7, 11) is 0. The quantitative estimate of drug-likeness (QED) is 0.846. The van der Waals surface area contributed by atoms with Gasteiger partial charge in [0.25, 0.3) is 0 Å². The second kappa shape index (κ2) is 8.03. The zero-order chi connectivity index (χ0) is 16.8. The van der Waals surface area contributed by atoms with Crippen molar-refractivity contribution in [2.24, 2.45) is 0 Å². The summed E-state index contributed by atoms with van der Waals surface area (Å²) in [4.78, 5) is 14.3. The Labute approximate surface area is 140 Å². The van der Waals surface area contributed by atoms with E-state index in [-0.39, 0.29) is 12.1 Å². The van der Waals surface area contributed by atoms with Gasteiger partial charge < -0.3 is 24.2 Å². The maximum Gasteiger partial charge on any atom is 0.315 e. The summed E-state index contributed by atoms with van der Waals surface area (Å²) in [6.45, 7) is 5.87. The first-order valence-corrected chi connectivity index (χ1v) is 8.13. The van der Waals surface area contributed by atoms with Crippen molar-refractivity contribution in [2.75, 3.05) is 32.8 Å². The average molecular weight is 333 g/mol. The van der Waals surface area contributed by atoms with E-state index in [4.69, 9.17) is 13.6 Å². The number of carbonyl (C=O) groups is 1. The number of aryl methyl sites for hydroxylation is 1. The maximum atomic E-state index is 12.0. The maximum absolute atomic E-state index is 12.0. The van der Waals surface area contributed by atoms with E-state index < -0.39 is 0 Å². The van der Waals surface area contributed by atoms with E-state index in [9.17, 15) is 4.79 Å². The van der Waals surface area contributed by atoms with E-state index in [1.807, 2.05) is 25.1 Å². The molecule has 1 fully saturated rings. The van der Waals surface area contributed by atoms with Crippen molar-refractivity contribution >= 4 is 6.03 Å². The van der Waals surface area contributed by atoms with Gasteiger partial charge in [0.1, 0.15) is 11.5 Å². The van der Waals surface area contributed by atoms with Crippen LogP contribution < -0.4 is 10.6 Å². The van der Waals surface area contributed by atoms with Crippen LogP contribution in [0.5, 0.6) is 0 Å². The van der Waals surface area contributed by atoms with Crippen molar-refractivity contribution < 1.29 is 18.4 Å². The first kappa shape index (κ1) is 16.6. The molecule has 7 nitrogen and oxygen atoms in total. The van der Waals surface area contributed by atoms with Gasteiger partial charge in [-0.25, -0.2) is 4.79 Å². The molecule has 1 saturated heterocycles. The minimum atomic E-state index is -0.210. The molecular weight excluding hydrogens is 310 g/mol. The van der Waals surface area contributed by atoms with E-state index >= 15 is 0 Å². The van der Waals surface area contributed by atoms with Crippen molar-refractivity contribution in [3.8, 4) is 0 Å². The molecule has 1 aliphatic rings. The Kier molecular flexibility index (Phi) is 5.55. The third-order valence-electron chi connectivity index (χ3n) is 4.07. The van der Waals surface area contributed by atoms with Gasteiger partial charge >= 0.3 is 6.03 Å². The van der Waals surface area contributed by atoms with Crippen LogP contribution in [0.1, 0.15) is 23.1 Å². The number of carbonyl (C=O) groups excluding carboxylic acids is 1. The van der Waals surface area contributed by atoms with Crippen molar-refractivity contribution in [2.45, 2.75) is 19.5 Å². The molecule has 0 unspecified atom stereocenters. The number of rotatable bonds is 6. The van der Waals surface area contributed by atoms with E-state index in [2.05, 4.69) is 15.5 Å². The lowest BCUT2D eigenvalue weighted by Crippen LogP contribution is -2.45. The molecule has 130 valence electrons. The number of ether oxygens (including phenoxy) is 1. The molecule has 0 bridgehead atoms. The molecule has 3 heterocycles. The van der Waals surface area contributed by atoms with Crippen LogP contribution in [0, 0.1) is 6.92 Å². The highest BCUT2D eigenvalue weighted by atomic mass is 16.5. The van der Waals surface area contributed by atoms with Crippen LogP contribution in [0.4, 0.5) is 4.79 Å². The zero-order valence-electron chi connectivity index (χ0n) is 13.8. The van der Waals surface area contributed by atoms with E-state index in [0.717, 1.165) is 30.2 Å². The number of furan rings is 2. The van der Waals surface area contributed by atoms with Crippen molar-refractivity contribution in [3.63, 3.8) is 0 Å². The SMILES string of the molecule is Cc1ccc([C@@H](CNC(=O)NCc2ccoc2)N2CCOCC2)o1. The highest BCUT2D eigenvalue weighted by Gasteiger charge is 2.25. The van der Waals surface area contributed by atoms with Gasteiger partial charge in [0, 0.05) is 31.7 Å². The fourth-order valence-electron chi connectivity index (χ4n) is 2.76. The number of morpholine rings is 1. The van der Waals surface area contributed by atoms with E-state index in [0.29, 0.717) is 26.3 Å². The fraction of sp³-hybridized carbons (Fsp3) is 0.471. The van der Waals surface area contributed by atoms with Crippen LogP contribution in [-0.2, 0) is 11.3 Å². The molecule has 2 N–H and O–H groups in total. The topological polar surface area (TPSA) is 79.9 Å². The van der Waals surface area contributed by atoms with Gasteiger partial charge in [-0.15, -0.1) is 0 Å². The van der Waals surface area contributed by atoms with Crippen molar-refractivity contribution in [1.82, 2.24) is 15.5 Å². The number of urea groups is 1. The number of nitrogens with zero attached hydrogens (tertiary/aromatic N) is 1. The van der Waals surface area contributed by atoms with E-state index in [1.54, 1.807) is 12.5 Å². The number of hydrogen-bond acceptors (Lipinski definition) is 5. The lowest BCUT2D eigenvalue weighted by Gasteiger charge is -2.33. The summed E-state index contributed by atoms with van der Waals surface area (Å²) in [5.74, 6) is 1.73. The van der Waals surface area contributed by atoms with Gasteiger partial charge in [0.05, 0.1) is 31.8 Å². The van der Waals surface area contributed by atoms with Crippen LogP contribution in [0.25, 0.3) is 0 Å². The largest absolute Gasteiger partial charge is 0.472 e. The molecule has 0 radical (unpaired) electrons.